The van der Waals surface area contributed by atoms with Crippen molar-refractivity contribution in [3.63, 3.8) is 0 Å². The maximum absolute atomic E-state index is 6.05. The fraction of sp³-hybridized carbons (Fsp3) is 0.0909. The van der Waals surface area contributed by atoms with Crippen molar-refractivity contribution in [2.24, 2.45) is 0 Å². The Morgan fingerprint density at radius 2 is 1.94 bits per heavy atom. The van der Waals surface area contributed by atoms with E-state index in [4.69, 9.17) is 23.2 Å². The van der Waals surface area contributed by atoms with Crippen LogP contribution in [-0.4, -0.2) is 9.97 Å². The molecule has 2 aromatic rings. The molecule has 0 bridgehead atoms. The van der Waals surface area contributed by atoms with Crippen LogP contribution in [0.5, 0.6) is 0 Å². The molecule has 0 aliphatic carbocycles. The molecule has 82 valence electrons. The highest BCUT2D eigenvalue weighted by molar-refractivity contribution is 6.33. The normalized spacial score (nSPS) is 10.2. The van der Waals surface area contributed by atoms with E-state index in [0.29, 0.717) is 16.0 Å². The summed E-state index contributed by atoms with van der Waals surface area (Å²) in [5.41, 5.74) is 1.92. The molecular formula is C11H9Cl2N3. The summed E-state index contributed by atoms with van der Waals surface area (Å²) in [6.45, 7) is 1.99. The Balaban J connectivity index is 2.30. The topological polar surface area (TPSA) is 37.8 Å². The summed E-state index contributed by atoms with van der Waals surface area (Å²) in [6, 6.07) is 7.36. The van der Waals surface area contributed by atoms with E-state index in [1.807, 2.05) is 25.1 Å². The van der Waals surface area contributed by atoms with Gasteiger partial charge in [-0.3, -0.25) is 0 Å². The third-order valence-electron chi connectivity index (χ3n) is 2.02. The van der Waals surface area contributed by atoms with Crippen molar-refractivity contribution in [3.8, 4) is 0 Å². The SMILES string of the molecule is Cc1ccc(Cl)c(Nc2cc(Cl)ncn2)c1. The Morgan fingerprint density at radius 1 is 1.12 bits per heavy atom. The summed E-state index contributed by atoms with van der Waals surface area (Å²) in [4.78, 5) is 7.84. The average Bonchev–Trinajstić information content (AvgIpc) is 2.24. The van der Waals surface area contributed by atoms with E-state index in [0.717, 1.165) is 11.3 Å². The standard InChI is InChI=1S/C11H9Cl2N3/c1-7-2-3-8(12)9(4-7)16-11-5-10(13)14-6-15-11/h2-6H,1H3,(H,14,15,16). The summed E-state index contributed by atoms with van der Waals surface area (Å²) >= 11 is 11.8. The zero-order valence-electron chi connectivity index (χ0n) is 8.54. The zero-order chi connectivity index (χ0) is 11.5. The fourth-order valence-corrected chi connectivity index (χ4v) is 1.59. The lowest BCUT2D eigenvalue weighted by Crippen LogP contribution is -1.95. The largest absolute Gasteiger partial charge is 0.339 e. The van der Waals surface area contributed by atoms with E-state index in [1.165, 1.54) is 6.33 Å². The van der Waals surface area contributed by atoms with Crippen molar-refractivity contribution in [1.29, 1.82) is 0 Å². The minimum Gasteiger partial charge on any atom is -0.339 e. The third kappa shape index (κ3) is 2.62. The number of benzene rings is 1. The van der Waals surface area contributed by atoms with Crippen LogP contribution in [0, 0.1) is 6.92 Å². The fourth-order valence-electron chi connectivity index (χ4n) is 1.27. The third-order valence-corrected chi connectivity index (χ3v) is 2.55. The number of halogens is 2. The zero-order valence-corrected chi connectivity index (χ0v) is 10.0. The second-order valence-electron chi connectivity index (χ2n) is 3.33. The minimum atomic E-state index is 0.390. The Bertz CT molecular complexity index is 514. The van der Waals surface area contributed by atoms with Gasteiger partial charge in [-0.05, 0) is 24.6 Å². The van der Waals surface area contributed by atoms with Crippen molar-refractivity contribution in [2.75, 3.05) is 5.32 Å². The first-order valence-electron chi connectivity index (χ1n) is 4.66. The molecule has 16 heavy (non-hydrogen) atoms. The lowest BCUT2D eigenvalue weighted by atomic mass is 10.2. The molecule has 0 spiro atoms. The van der Waals surface area contributed by atoms with E-state index in [9.17, 15) is 0 Å². The van der Waals surface area contributed by atoms with Gasteiger partial charge in [0.05, 0.1) is 10.7 Å². The predicted octanol–water partition coefficient (Wildman–Crippen LogP) is 3.84. The van der Waals surface area contributed by atoms with Crippen LogP contribution >= 0.6 is 23.2 Å². The summed E-state index contributed by atoms with van der Waals surface area (Å²) in [6.07, 6.45) is 1.40. The van der Waals surface area contributed by atoms with Crippen LogP contribution in [0.4, 0.5) is 11.5 Å². The molecule has 5 heteroatoms. The van der Waals surface area contributed by atoms with Gasteiger partial charge in [0, 0.05) is 6.07 Å². The van der Waals surface area contributed by atoms with Gasteiger partial charge >= 0.3 is 0 Å². The highest BCUT2D eigenvalue weighted by Gasteiger charge is 2.02. The quantitative estimate of drug-likeness (QED) is 0.827. The number of hydrogen-bond donors (Lipinski definition) is 1. The van der Waals surface area contributed by atoms with Gasteiger partial charge in [-0.15, -0.1) is 0 Å². The van der Waals surface area contributed by atoms with Crippen molar-refractivity contribution in [2.45, 2.75) is 6.92 Å². The van der Waals surface area contributed by atoms with Crippen LogP contribution in [0.1, 0.15) is 5.56 Å². The van der Waals surface area contributed by atoms with E-state index >= 15 is 0 Å². The first-order valence-corrected chi connectivity index (χ1v) is 5.41. The van der Waals surface area contributed by atoms with E-state index in [-0.39, 0.29) is 0 Å². The Hall–Kier alpha value is -1.32. The lowest BCUT2D eigenvalue weighted by molar-refractivity contribution is 1.17. The maximum Gasteiger partial charge on any atom is 0.135 e. The number of aryl methyl sites for hydroxylation is 1. The molecule has 0 aliphatic rings. The van der Waals surface area contributed by atoms with Gasteiger partial charge in [-0.2, -0.15) is 0 Å². The highest BCUT2D eigenvalue weighted by atomic mass is 35.5. The summed E-state index contributed by atoms with van der Waals surface area (Å²) in [7, 11) is 0. The number of hydrogen-bond acceptors (Lipinski definition) is 3. The monoisotopic (exact) mass is 253 g/mol. The molecule has 0 radical (unpaired) electrons. The van der Waals surface area contributed by atoms with E-state index < -0.39 is 0 Å². The number of nitrogens with zero attached hydrogens (tertiary/aromatic N) is 2. The van der Waals surface area contributed by atoms with Gasteiger partial charge in [-0.25, -0.2) is 9.97 Å². The molecule has 0 saturated carbocycles. The molecule has 0 saturated heterocycles. The molecule has 1 heterocycles. The van der Waals surface area contributed by atoms with Crippen molar-refractivity contribution in [3.05, 3.63) is 46.3 Å². The van der Waals surface area contributed by atoms with E-state index in [1.54, 1.807) is 6.07 Å². The van der Waals surface area contributed by atoms with Crippen molar-refractivity contribution < 1.29 is 0 Å². The smallest absolute Gasteiger partial charge is 0.135 e. The number of rotatable bonds is 2. The molecule has 0 unspecified atom stereocenters. The summed E-state index contributed by atoms with van der Waals surface area (Å²) < 4.78 is 0. The molecule has 3 nitrogen and oxygen atoms in total. The molecule has 1 N–H and O–H groups in total. The van der Waals surface area contributed by atoms with Crippen molar-refractivity contribution in [1.82, 2.24) is 9.97 Å². The Morgan fingerprint density at radius 3 is 2.69 bits per heavy atom. The van der Waals surface area contributed by atoms with Crippen LogP contribution in [0.3, 0.4) is 0 Å². The van der Waals surface area contributed by atoms with E-state index in [2.05, 4.69) is 15.3 Å². The average molecular weight is 254 g/mol. The van der Waals surface area contributed by atoms with Gasteiger partial charge in [0.1, 0.15) is 17.3 Å². The first-order chi connectivity index (χ1) is 7.65. The number of nitrogens with one attached hydrogen (secondary N) is 1. The summed E-state index contributed by atoms with van der Waals surface area (Å²) in [5, 5.41) is 4.12. The number of anilines is 2. The van der Waals surface area contributed by atoms with Gasteiger partial charge in [0.25, 0.3) is 0 Å². The highest BCUT2D eigenvalue weighted by Crippen LogP contribution is 2.25. The van der Waals surface area contributed by atoms with Crippen LogP contribution in [-0.2, 0) is 0 Å². The van der Waals surface area contributed by atoms with Gasteiger partial charge < -0.3 is 5.32 Å². The molecule has 0 fully saturated rings. The van der Waals surface area contributed by atoms with Crippen LogP contribution < -0.4 is 5.32 Å². The van der Waals surface area contributed by atoms with Crippen molar-refractivity contribution >= 4 is 34.7 Å². The van der Waals surface area contributed by atoms with Crippen LogP contribution in [0.25, 0.3) is 0 Å². The number of aromatic nitrogens is 2. The molecular weight excluding hydrogens is 245 g/mol. The van der Waals surface area contributed by atoms with Gasteiger partial charge in [0.2, 0.25) is 0 Å². The minimum absolute atomic E-state index is 0.390. The first kappa shape index (κ1) is 11.2. The predicted molar refractivity (Wildman–Crippen MR) is 66.5 cm³/mol. The molecule has 1 aromatic heterocycles. The lowest BCUT2D eigenvalue weighted by Gasteiger charge is -2.08. The Labute approximate surface area is 103 Å². The molecule has 2 rings (SSSR count). The molecule has 0 amide bonds. The molecule has 0 aliphatic heterocycles. The summed E-state index contributed by atoms with van der Waals surface area (Å²) in [5.74, 6) is 0.618. The van der Waals surface area contributed by atoms with Crippen LogP contribution in [0.2, 0.25) is 10.2 Å². The van der Waals surface area contributed by atoms with Crippen LogP contribution in [0.15, 0.2) is 30.6 Å². The molecule has 1 aromatic carbocycles. The second kappa shape index (κ2) is 4.68. The van der Waals surface area contributed by atoms with Gasteiger partial charge in [-0.1, -0.05) is 29.3 Å². The van der Waals surface area contributed by atoms with Gasteiger partial charge in [0.15, 0.2) is 0 Å². The Kier molecular flexibility index (Phi) is 3.27. The molecule has 0 atom stereocenters. The second-order valence-corrected chi connectivity index (χ2v) is 4.13. The maximum atomic E-state index is 6.05.